The topological polar surface area (TPSA) is 115 Å². The lowest BCUT2D eigenvalue weighted by atomic mass is 10.0. The average molecular weight is 471 g/mol. The van der Waals surface area contributed by atoms with Gasteiger partial charge in [-0.1, -0.05) is 23.7 Å². The normalized spacial score (nSPS) is 22.2. The number of halogens is 1. The third kappa shape index (κ3) is 6.21. The number of rotatable bonds is 7. The molecule has 2 fully saturated rings. The van der Waals surface area contributed by atoms with E-state index in [2.05, 4.69) is 31.2 Å². The van der Waals surface area contributed by atoms with Gasteiger partial charge in [-0.15, -0.1) is 0 Å². The van der Waals surface area contributed by atoms with E-state index in [0.29, 0.717) is 49.6 Å². The summed E-state index contributed by atoms with van der Waals surface area (Å²) in [4.78, 5) is 43.3. The van der Waals surface area contributed by atoms with Crippen LogP contribution in [0.2, 0.25) is 5.02 Å². The van der Waals surface area contributed by atoms with Crippen molar-refractivity contribution in [1.29, 1.82) is 0 Å². The molecule has 3 atom stereocenters. The van der Waals surface area contributed by atoms with Gasteiger partial charge in [-0.2, -0.15) is 0 Å². The van der Waals surface area contributed by atoms with Gasteiger partial charge in [0.05, 0.1) is 6.04 Å². The highest BCUT2D eigenvalue weighted by Crippen LogP contribution is 2.26. The molecule has 0 aliphatic carbocycles. The van der Waals surface area contributed by atoms with Crippen molar-refractivity contribution in [2.75, 3.05) is 18.4 Å². The van der Waals surface area contributed by atoms with E-state index < -0.39 is 0 Å². The number of amides is 4. The molecule has 2 aliphatic rings. The van der Waals surface area contributed by atoms with Crippen LogP contribution in [0.3, 0.4) is 0 Å². The summed E-state index contributed by atoms with van der Waals surface area (Å²) >= 11 is 5.96. The fourth-order valence-electron chi connectivity index (χ4n) is 4.36. The minimum Gasteiger partial charge on any atom is -0.353 e. The zero-order chi connectivity index (χ0) is 23.2. The number of piperazine rings is 1. The summed E-state index contributed by atoms with van der Waals surface area (Å²) in [5, 5.41) is 12.1. The third-order valence-corrected chi connectivity index (χ3v) is 6.19. The lowest BCUT2D eigenvalue weighted by Gasteiger charge is -2.37. The van der Waals surface area contributed by atoms with Crippen molar-refractivity contribution in [3.63, 3.8) is 0 Å². The summed E-state index contributed by atoms with van der Waals surface area (Å²) in [6.07, 6.45) is 4.92. The predicted octanol–water partition coefficient (Wildman–Crippen LogP) is 1.89. The SMILES string of the molecule is O=C(CC[C@@H]1CNC(=O)[C@@H]2C[C@H](NC(=O)Nc3cccc(Cl)c3)CN12)NCc1cccnc1. The number of nitrogens with one attached hydrogen (secondary N) is 4. The molecule has 33 heavy (non-hydrogen) atoms. The number of urea groups is 1. The molecule has 0 bridgehead atoms. The summed E-state index contributed by atoms with van der Waals surface area (Å²) in [5.41, 5.74) is 1.55. The molecule has 2 aromatic rings. The zero-order valence-corrected chi connectivity index (χ0v) is 18.8. The van der Waals surface area contributed by atoms with Crippen LogP contribution < -0.4 is 21.3 Å². The maximum absolute atomic E-state index is 12.4. The molecule has 4 amide bonds. The molecular weight excluding hydrogens is 444 g/mol. The van der Waals surface area contributed by atoms with Crippen molar-refractivity contribution in [3.8, 4) is 0 Å². The second kappa shape index (κ2) is 10.6. The van der Waals surface area contributed by atoms with Gasteiger partial charge >= 0.3 is 6.03 Å². The molecule has 0 radical (unpaired) electrons. The molecule has 4 rings (SSSR count). The van der Waals surface area contributed by atoms with E-state index in [1.54, 1.807) is 36.7 Å². The summed E-state index contributed by atoms with van der Waals surface area (Å²) in [5.74, 6) is -0.0751. The van der Waals surface area contributed by atoms with E-state index in [-0.39, 0.29) is 36.0 Å². The van der Waals surface area contributed by atoms with Crippen molar-refractivity contribution in [3.05, 3.63) is 59.4 Å². The zero-order valence-electron chi connectivity index (χ0n) is 18.1. The van der Waals surface area contributed by atoms with E-state index in [1.807, 2.05) is 12.1 Å². The van der Waals surface area contributed by atoms with Crippen LogP contribution in [0.25, 0.3) is 0 Å². The second-order valence-electron chi connectivity index (χ2n) is 8.33. The molecule has 4 N–H and O–H groups in total. The highest BCUT2D eigenvalue weighted by Gasteiger charge is 2.43. The van der Waals surface area contributed by atoms with E-state index in [0.717, 1.165) is 5.56 Å². The molecule has 174 valence electrons. The van der Waals surface area contributed by atoms with Crippen molar-refractivity contribution in [2.24, 2.45) is 0 Å². The third-order valence-electron chi connectivity index (χ3n) is 5.96. The summed E-state index contributed by atoms with van der Waals surface area (Å²) < 4.78 is 0. The van der Waals surface area contributed by atoms with Crippen LogP contribution in [0.4, 0.5) is 10.5 Å². The lowest BCUT2D eigenvalue weighted by molar-refractivity contribution is -0.129. The Hall–Kier alpha value is -3.17. The highest BCUT2D eigenvalue weighted by molar-refractivity contribution is 6.30. The number of fused-ring (bicyclic) bond motifs is 1. The average Bonchev–Trinajstić information content (AvgIpc) is 3.22. The van der Waals surface area contributed by atoms with Gasteiger partial charge in [0.15, 0.2) is 0 Å². The largest absolute Gasteiger partial charge is 0.353 e. The van der Waals surface area contributed by atoms with Crippen LogP contribution in [0, 0.1) is 0 Å². The Kier molecular flexibility index (Phi) is 7.41. The fourth-order valence-corrected chi connectivity index (χ4v) is 4.55. The van der Waals surface area contributed by atoms with Crippen LogP contribution in [0.5, 0.6) is 0 Å². The van der Waals surface area contributed by atoms with E-state index in [9.17, 15) is 14.4 Å². The number of aromatic nitrogens is 1. The molecule has 0 unspecified atom stereocenters. The van der Waals surface area contributed by atoms with Crippen molar-refractivity contribution in [1.82, 2.24) is 25.8 Å². The number of nitrogens with zero attached hydrogens (tertiary/aromatic N) is 2. The Morgan fingerprint density at radius 3 is 2.91 bits per heavy atom. The first kappa shape index (κ1) is 23.0. The molecule has 0 spiro atoms. The molecule has 10 heteroatoms. The van der Waals surface area contributed by atoms with Crippen LogP contribution in [-0.4, -0.2) is 58.9 Å². The van der Waals surface area contributed by atoms with Gasteiger partial charge in [-0.3, -0.25) is 19.5 Å². The van der Waals surface area contributed by atoms with Crippen LogP contribution >= 0.6 is 11.6 Å². The maximum atomic E-state index is 12.4. The Morgan fingerprint density at radius 1 is 1.24 bits per heavy atom. The number of benzene rings is 1. The number of carbonyl (C=O) groups excluding carboxylic acids is 3. The Balaban J connectivity index is 1.26. The molecule has 9 nitrogen and oxygen atoms in total. The molecule has 1 aromatic heterocycles. The summed E-state index contributed by atoms with van der Waals surface area (Å²) in [7, 11) is 0. The van der Waals surface area contributed by atoms with Gasteiger partial charge in [0.25, 0.3) is 0 Å². The monoisotopic (exact) mass is 470 g/mol. The van der Waals surface area contributed by atoms with E-state index in [1.165, 1.54) is 0 Å². The standard InChI is InChI=1S/C23H27ClN6O3/c24-16-4-1-5-17(9-16)28-23(33)29-18-10-20-22(32)27-13-19(30(20)14-18)6-7-21(31)26-12-15-3-2-8-25-11-15/h1-5,8-9,11,18-20H,6-7,10,12-14H2,(H,26,31)(H,27,32)(H2,28,29,33)/t18-,19+,20-/m0/s1. The molecule has 2 saturated heterocycles. The number of pyridine rings is 1. The minimum absolute atomic E-state index is 0.0353. The van der Waals surface area contributed by atoms with Gasteiger partial charge < -0.3 is 21.3 Å². The van der Waals surface area contributed by atoms with Gasteiger partial charge in [0.1, 0.15) is 0 Å². The maximum Gasteiger partial charge on any atom is 0.319 e. The first-order valence-corrected chi connectivity index (χ1v) is 11.4. The molecular formula is C23H27ClN6O3. The lowest BCUT2D eigenvalue weighted by Crippen LogP contribution is -2.58. The van der Waals surface area contributed by atoms with Gasteiger partial charge in [-0.05, 0) is 42.7 Å². The first-order valence-electron chi connectivity index (χ1n) is 11.0. The molecule has 0 saturated carbocycles. The van der Waals surface area contributed by atoms with Crippen LogP contribution in [0.15, 0.2) is 48.8 Å². The van der Waals surface area contributed by atoms with E-state index in [4.69, 9.17) is 11.6 Å². The van der Waals surface area contributed by atoms with E-state index >= 15 is 0 Å². The number of hydrogen-bond acceptors (Lipinski definition) is 5. The quantitative estimate of drug-likeness (QED) is 0.493. The van der Waals surface area contributed by atoms with Gasteiger partial charge in [-0.25, -0.2) is 4.79 Å². The van der Waals surface area contributed by atoms with Gasteiger partial charge in [0, 0.05) is 61.2 Å². The summed E-state index contributed by atoms with van der Waals surface area (Å²) in [6.45, 7) is 1.49. The number of carbonyl (C=O) groups is 3. The first-order chi connectivity index (χ1) is 16.0. The van der Waals surface area contributed by atoms with Crippen molar-refractivity contribution >= 4 is 35.1 Å². The minimum atomic E-state index is -0.339. The van der Waals surface area contributed by atoms with Crippen LogP contribution in [-0.2, 0) is 16.1 Å². The van der Waals surface area contributed by atoms with Crippen LogP contribution in [0.1, 0.15) is 24.8 Å². The van der Waals surface area contributed by atoms with Gasteiger partial charge in [0.2, 0.25) is 11.8 Å². The Morgan fingerprint density at radius 2 is 2.12 bits per heavy atom. The van der Waals surface area contributed by atoms with Crippen molar-refractivity contribution < 1.29 is 14.4 Å². The molecule has 1 aromatic carbocycles. The number of anilines is 1. The highest BCUT2D eigenvalue weighted by atomic mass is 35.5. The smallest absolute Gasteiger partial charge is 0.319 e. The Bertz CT molecular complexity index is 1000. The molecule has 3 heterocycles. The van der Waals surface area contributed by atoms with Crippen molar-refractivity contribution in [2.45, 2.75) is 43.9 Å². The Labute approximate surface area is 197 Å². The second-order valence-corrected chi connectivity index (χ2v) is 8.77. The molecule has 2 aliphatic heterocycles. The number of hydrogen-bond donors (Lipinski definition) is 4. The summed E-state index contributed by atoms with van der Waals surface area (Å²) in [6, 6.07) is 9.89. The fraction of sp³-hybridized carbons (Fsp3) is 0.391. The predicted molar refractivity (Wildman–Crippen MR) is 125 cm³/mol.